The Balaban J connectivity index is 1.81. The average molecular weight is 381 g/mol. The standard InChI is InChI=1S/C20H16FN3O4/c21-16-9-3-1-6-13(16)12-28-24-11-5-8-15(20(24)27)19(26)23-17-10-4-2-7-14(17)18(22)25/h1-11H,12H2,(H2,22,25)(H,23,26). The molecule has 0 aliphatic rings. The van der Waals surface area contributed by atoms with Gasteiger partial charge in [0.05, 0.1) is 11.3 Å². The number of para-hydroxylation sites is 1. The number of primary amides is 1. The molecule has 0 radical (unpaired) electrons. The molecule has 0 atom stereocenters. The number of nitrogens with one attached hydrogen (secondary N) is 1. The molecule has 1 aromatic heterocycles. The van der Waals surface area contributed by atoms with Crippen LogP contribution in [0.3, 0.4) is 0 Å². The number of amides is 2. The number of halogens is 1. The lowest BCUT2D eigenvalue weighted by molar-refractivity contribution is 0.0847. The molecule has 2 aromatic carbocycles. The molecular formula is C20H16FN3O4. The molecule has 142 valence electrons. The summed E-state index contributed by atoms with van der Waals surface area (Å²) < 4.78 is 14.5. The second kappa shape index (κ2) is 8.17. The fraction of sp³-hybridized carbons (Fsp3) is 0.0500. The van der Waals surface area contributed by atoms with E-state index in [9.17, 15) is 18.8 Å². The largest absolute Gasteiger partial charge is 0.406 e. The van der Waals surface area contributed by atoms with Crippen LogP contribution in [0.2, 0.25) is 0 Å². The quantitative estimate of drug-likeness (QED) is 0.681. The molecule has 0 saturated heterocycles. The minimum atomic E-state index is -0.734. The molecular weight excluding hydrogens is 365 g/mol. The first-order valence-corrected chi connectivity index (χ1v) is 8.26. The van der Waals surface area contributed by atoms with Crippen molar-refractivity contribution in [3.05, 3.63) is 99.7 Å². The van der Waals surface area contributed by atoms with Crippen LogP contribution in [0.1, 0.15) is 26.3 Å². The van der Waals surface area contributed by atoms with Gasteiger partial charge in [0.15, 0.2) is 0 Å². The van der Waals surface area contributed by atoms with Gasteiger partial charge in [0.1, 0.15) is 18.0 Å². The maximum Gasteiger partial charge on any atom is 0.295 e. The summed E-state index contributed by atoms with van der Waals surface area (Å²) >= 11 is 0. The minimum absolute atomic E-state index is 0.114. The van der Waals surface area contributed by atoms with E-state index < -0.39 is 23.2 Å². The van der Waals surface area contributed by atoms with Crippen molar-refractivity contribution in [1.82, 2.24) is 4.73 Å². The van der Waals surface area contributed by atoms with Gasteiger partial charge in [-0.3, -0.25) is 14.4 Å². The number of rotatable bonds is 6. The summed E-state index contributed by atoms with van der Waals surface area (Å²) in [7, 11) is 0. The lowest BCUT2D eigenvalue weighted by atomic mass is 10.1. The second-order valence-electron chi connectivity index (χ2n) is 5.78. The number of hydrogen-bond acceptors (Lipinski definition) is 4. The summed E-state index contributed by atoms with van der Waals surface area (Å²) in [5, 5.41) is 2.49. The lowest BCUT2D eigenvalue weighted by Gasteiger charge is -2.11. The third kappa shape index (κ3) is 4.07. The van der Waals surface area contributed by atoms with Crippen LogP contribution in [0.5, 0.6) is 0 Å². The molecule has 0 aliphatic heterocycles. The number of hydrogen-bond donors (Lipinski definition) is 2. The monoisotopic (exact) mass is 381 g/mol. The first-order chi connectivity index (χ1) is 13.5. The Bertz CT molecular complexity index is 1090. The van der Waals surface area contributed by atoms with Crippen LogP contribution in [-0.4, -0.2) is 16.5 Å². The third-order valence-corrected chi connectivity index (χ3v) is 3.92. The molecule has 7 nitrogen and oxygen atoms in total. The third-order valence-electron chi connectivity index (χ3n) is 3.92. The lowest BCUT2D eigenvalue weighted by Crippen LogP contribution is -2.32. The first-order valence-electron chi connectivity index (χ1n) is 8.26. The van der Waals surface area contributed by atoms with Crippen LogP contribution in [0, 0.1) is 5.82 Å². The smallest absolute Gasteiger partial charge is 0.295 e. The molecule has 8 heteroatoms. The zero-order chi connectivity index (χ0) is 20.1. The van der Waals surface area contributed by atoms with Gasteiger partial charge in [-0.2, -0.15) is 4.73 Å². The maximum absolute atomic E-state index is 13.7. The van der Waals surface area contributed by atoms with Crippen molar-refractivity contribution in [2.45, 2.75) is 6.61 Å². The topological polar surface area (TPSA) is 103 Å². The Kier molecular flexibility index (Phi) is 5.50. The number of pyridine rings is 1. The van der Waals surface area contributed by atoms with E-state index in [2.05, 4.69) is 5.32 Å². The molecule has 1 heterocycles. The van der Waals surface area contributed by atoms with Crippen LogP contribution in [0.15, 0.2) is 71.7 Å². The molecule has 0 unspecified atom stereocenters. The Labute approximate surface area is 159 Å². The first kappa shape index (κ1) is 18.8. The summed E-state index contributed by atoms with van der Waals surface area (Å²) in [6.07, 6.45) is 1.32. The molecule has 28 heavy (non-hydrogen) atoms. The summed E-state index contributed by atoms with van der Waals surface area (Å²) in [4.78, 5) is 41.8. The highest BCUT2D eigenvalue weighted by Gasteiger charge is 2.16. The van der Waals surface area contributed by atoms with Crippen molar-refractivity contribution < 1.29 is 18.8 Å². The number of aromatic nitrogens is 1. The Morgan fingerprint density at radius 1 is 1.00 bits per heavy atom. The maximum atomic E-state index is 13.7. The van der Waals surface area contributed by atoms with Crippen LogP contribution >= 0.6 is 0 Å². The van der Waals surface area contributed by atoms with Gasteiger partial charge in [0.2, 0.25) is 0 Å². The van der Waals surface area contributed by atoms with Gasteiger partial charge >= 0.3 is 0 Å². The van der Waals surface area contributed by atoms with Crippen molar-refractivity contribution in [2.75, 3.05) is 5.32 Å². The van der Waals surface area contributed by atoms with Crippen molar-refractivity contribution in [2.24, 2.45) is 5.73 Å². The van der Waals surface area contributed by atoms with E-state index in [1.165, 1.54) is 42.6 Å². The van der Waals surface area contributed by atoms with E-state index in [4.69, 9.17) is 10.6 Å². The average Bonchev–Trinajstić information content (AvgIpc) is 2.68. The van der Waals surface area contributed by atoms with E-state index in [0.29, 0.717) is 0 Å². The van der Waals surface area contributed by atoms with Gasteiger partial charge in [-0.15, -0.1) is 0 Å². The highest BCUT2D eigenvalue weighted by Crippen LogP contribution is 2.15. The van der Waals surface area contributed by atoms with Crippen LogP contribution in [0.4, 0.5) is 10.1 Å². The van der Waals surface area contributed by atoms with Crippen LogP contribution in [0.25, 0.3) is 0 Å². The molecule has 3 aromatic rings. The van der Waals surface area contributed by atoms with E-state index in [0.717, 1.165) is 4.73 Å². The summed E-state index contributed by atoms with van der Waals surface area (Å²) in [6.45, 7) is -0.192. The fourth-order valence-corrected chi connectivity index (χ4v) is 2.50. The molecule has 0 spiro atoms. The molecule has 0 fully saturated rings. The van der Waals surface area contributed by atoms with Gasteiger partial charge in [0.25, 0.3) is 17.4 Å². The van der Waals surface area contributed by atoms with Crippen molar-refractivity contribution in [1.29, 1.82) is 0 Å². The SMILES string of the molecule is NC(=O)c1ccccc1NC(=O)c1cccn(OCc2ccccc2F)c1=O. The molecule has 3 rings (SSSR count). The fourth-order valence-electron chi connectivity index (χ4n) is 2.50. The van der Waals surface area contributed by atoms with E-state index in [1.54, 1.807) is 24.3 Å². The normalized spacial score (nSPS) is 10.3. The predicted molar refractivity (Wildman–Crippen MR) is 100 cm³/mol. The van der Waals surface area contributed by atoms with E-state index >= 15 is 0 Å². The zero-order valence-corrected chi connectivity index (χ0v) is 14.6. The Hall–Kier alpha value is -3.94. The van der Waals surface area contributed by atoms with E-state index in [1.807, 2.05) is 0 Å². The molecule has 2 amide bonds. The molecule has 3 N–H and O–H groups in total. The highest BCUT2D eigenvalue weighted by atomic mass is 19.1. The van der Waals surface area contributed by atoms with Crippen LogP contribution < -0.4 is 21.4 Å². The predicted octanol–water partition coefficient (Wildman–Crippen LogP) is 1.97. The number of carbonyl (C=O) groups is 2. The van der Waals surface area contributed by atoms with Gasteiger partial charge in [-0.05, 0) is 30.3 Å². The van der Waals surface area contributed by atoms with Gasteiger partial charge in [-0.1, -0.05) is 30.3 Å². The number of benzene rings is 2. The van der Waals surface area contributed by atoms with Crippen molar-refractivity contribution in [3.8, 4) is 0 Å². The molecule has 0 bridgehead atoms. The van der Waals surface area contributed by atoms with Crippen molar-refractivity contribution >= 4 is 17.5 Å². The second-order valence-corrected chi connectivity index (χ2v) is 5.78. The Morgan fingerprint density at radius 3 is 2.43 bits per heavy atom. The van der Waals surface area contributed by atoms with Gasteiger partial charge in [-0.25, -0.2) is 4.39 Å². The van der Waals surface area contributed by atoms with E-state index in [-0.39, 0.29) is 29.0 Å². The van der Waals surface area contributed by atoms with Crippen LogP contribution in [-0.2, 0) is 6.61 Å². The van der Waals surface area contributed by atoms with Crippen molar-refractivity contribution in [3.63, 3.8) is 0 Å². The number of carbonyl (C=O) groups excluding carboxylic acids is 2. The zero-order valence-electron chi connectivity index (χ0n) is 14.6. The number of nitrogens with zero attached hydrogens (tertiary/aromatic N) is 1. The molecule has 0 saturated carbocycles. The summed E-state index contributed by atoms with van der Waals surface area (Å²) in [5.41, 5.74) is 4.90. The number of nitrogens with two attached hydrogens (primary N) is 1. The highest BCUT2D eigenvalue weighted by molar-refractivity contribution is 6.08. The summed E-state index contributed by atoms with van der Waals surface area (Å²) in [5.74, 6) is -1.91. The number of anilines is 1. The van der Waals surface area contributed by atoms with Gasteiger partial charge in [0, 0.05) is 11.8 Å². The Morgan fingerprint density at radius 2 is 1.68 bits per heavy atom. The molecule has 0 aliphatic carbocycles. The van der Waals surface area contributed by atoms with Gasteiger partial charge < -0.3 is 15.9 Å². The minimum Gasteiger partial charge on any atom is -0.406 e. The summed E-state index contributed by atoms with van der Waals surface area (Å²) in [6, 6.07) is 14.9.